The van der Waals surface area contributed by atoms with Crippen LogP contribution in [0.25, 0.3) is 10.9 Å². The van der Waals surface area contributed by atoms with Crippen molar-refractivity contribution in [3.63, 3.8) is 0 Å². The van der Waals surface area contributed by atoms with Crippen molar-refractivity contribution in [2.45, 2.75) is 49.2 Å². The van der Waals surface area contributed by atoms with E-state index in [0.717, 1.165) is 76.4 Å². The number of fused-ring (bicyclic) bond motifs is 1. The molecule has 180 valence electrons. The van der Waals surface area contributed by atoms with E-state index in [1.807, 2.05) is 42.1 Å². The summed E-state index contributed by atoms with van der Waals surface area (Å²) in [6, 6.07) is 13.9. The standard InChI is InChI=1S/C27H32N2O3S2/c1-2-3-4-23-16-28-27(34-23)24-14-19-13-21(32-20-5-7-22(33)8-6-20)15-25(26(19)29-24)31-17-18-9-11-30-12-10-18/h5-8,13-15,18,23,29,33H,2-4,9-12,16-17H2,1H3. The Balaban J connectivity index is 1.40. The SMILES string of the molecule is CCCCC1CN=C(c2cc3cc(Oc4ccc(S)cc4)cc(OCC4CCOCC4)c3[nH]2)S1. The molecule has 0 aliphatic carbocycles. The summed E-state index contributed by atoms with van der Waals surface area (Å²) < 4.78 is 18.1. The van der Waals surface area contributed by atoms with Crippen LogP contribution in [0, 0.1) is 5.92 Å². The lowest BCUT2D eigenvalue weighted by atomic mass is 10.0. The molecule has 1 N–H and O–H groups in total. The molecule has 0 spiro atoms. The molecule has 0 radical (unpaired) electrons. The second-order valence-electron chi connectivity index (χ2n) is 9.06. The van der Waals surface area contributed by atoms with Gasteiger partial charge in [-0.3, -0.25) is 4.99 Å². The molecule has 5 rings (SSSR count). The molecule has 0 saturated carbocycles. The van der Waals surface area contributed by atoms with Crippen molar-refractivity contribution in [3.05, 3.63) is 48.2 Å². The summed E-state index contributed by atoms with van der Waals surface area (Å²) in [6.45, 7) is 5.46. The third kappa shape index (κ3) is 5.75. The van der Waals surface area contributed by atoms with Gasteiger partial charge in [0.15, 0.2) is 0 Å². The van der Waals surface area contributed by atoms with Gasteiger partial charge in [-0.15, -0.1) is 12.6 Å². The molecule has 2 aliphatic rings. The monoisotopic (exact) mass is 496 g/mol. The summed E-state index contributed by atoms with van der Waals surface area (Å²) in [7, 11) is 0. The Morgan fingerprint density at radius 3 is 2.74 bits per heavy atom. The molecule has 3 heterocycles. The quantitative estimate of drug-likeness (QED) is 0.310. The number of unbranched alkanes of at least 4 members (excludes halogenated alkanes) is 1. The van der Waals surface area contributed by atoms with Gasteiger partial charge in [0.25, 0.3) is 0 Å². The summed E-state index contributed by atoms with van der Waals surface area (Å²) in [4.78, 5) is 9.35. The Labute approximate surface area is 211 Å². The minimum atomic E-state index is 0.514. The average Bonchev–Trinajstić information content (AvgIpc) is 3.50. The van der Waals surface area contributed by atoms with Crippen molar-refractivity contribution >= 4 is 40.3 Å². The number of thiol groups is 1. The molecule has 7 heteroatoms. The smallest absolute Gasteiger partial charge is 0.147 e. The molecule has 1 unspecified atom stereocenters. The molecular formula is C27H32N2O3S2. The van der Waals surface area contributed by atoms with Crippen molar-refractivity contribution < 1.29 is 14.2 Å². The number of hydrogen-bond acceptors (Lipinski definition) is 6. The van der Waals surface area contributed by atoms with Crippen LogP contribution in [0.1, 0.15) is 44.7 Å². The Kier molecular flexibility index (Phi) is 7.72. The topological polar surface area (TPSA) is 55.8 Å². The summed E-state index contributed by atoms with van der Waals surface area (Å²) in [5, 5.41) is 2.75. The molecule has 5 nitrogen and oxygen atoms in total. The lowest BCUT2D eigenvalue weighted by Crippen LogP contribution is -2.21. The minimum absolute atomic E-state index is 0.514. The molecular weight excluding hydrogens is 464 g/mol. The molecule has 2 aromatic carbocycles. The highest BCUT2D eigenvalue weighted by Gasteiger charge is 2.23. The highest BCUT2D eigenvalue weighted by Crippen LogP contribution is 2.37. The van der Waals surface area contributed by atoms with Gasteiger partial charge in [0, 0.05) is 34.8 Å². The first-order chi connectivity index (χ1) is 16.7. The number of benzene rings is 2. The van der Waals surface area contributed by atoms with Gasteiger partial charge in [0.05, 0.1) is 24.4 Å². The highest BCUT2D eigenvalue weighted by atomic mass is 32.2. The van der Waals surface area contributed by atoms with Gasteiger partial charge in [-0.25, -0.2) is 0 Å². The Bertz CT molecular complexity index is 1140. The minimum Gasteiger partial charge on any atom is -0.491 e. The number of aromatic nitrogens is 1. The van der Waals surface area contributed by atoms with E-state index in [1.54, 1.807) is 0 Å². The van der Waals surface area contributed by atoms with E-state index in [2.05, 4.69) is 36.7 Å². The third-order valence-electron chi connectivity index (χ3n) is 6.38. The van der Waals surface area contributed by atoms with Crippen LogP contribution in [-0.4, -0.2) is 41.6 Å². The van der Waals surface area contributed by atoms with Crippen LogP contribution in [0.3, 0.4) is 0 Å². The van der Waals surface area contributed by atoms with Gasteiger partial charge < -0.3 is 19.2 Å². The number of nitrogens with one attached hydrogen (secondary N) is 1. The maximum atomic E-state index is 6.38. The number of hydrogen-bond donors (Lipinski definition) is 2. The molecule has 1 aromatic heterocycles. The number of H-pyrrole nitrogens is 1. The molecule has 0 bridgehead atoms. The van der Waals surface area contributed by atoms with Crippen molar-refractivity contribution in [1.82, 2.24) is 4.98 Å². The van der Waals surface area contributed by atoms with E-state index >= 15 is 0 Å². The average molecular weight is 497 g/mol. The molecule has 0 amide bonds. The van der Waals surface area contributed by atoms with Gasteiger partial charge in [0.2, 0.25) is 0 Å². The number of thioether (sulfide) groups is 1. The van der Waals surface area contributed by atoms with Crippen LogP contribution < -0.4 is 9.47 Å². The van der Waals surface area contributed by atoms with E-state index in [1.165, 1.54) is 19.3 Å². The summed E-state index contributed by atoms with van der Waals surface area (Å²) in [5.41, 5.74) is 2.06. The van der Waals surface area contributed by atoms with Crippen LogP contribution in [0.15, 0.2) is 52.4 Å². The fraction of sp³-hybridized carbons (Fsp3) is 0.444. The number of rotatable bonds is 9. The van der Waals surface area contributed by atoms with Crippen molar-refractivity contribution in [2.75, 3.05) is 26.4 Å². The Morgan fingerprint density at radius 1 is 1.12 bits per heavy atom. The largest absolute Gasteiger partial charge is 0.491 e. The molecule has 1 saturated heterocycles. The zero-order valence-corrected chi connectivity index (χ0v) is 21.3. The predicted octanol–water partition coefficient (Wildman–Crippen LogP) is 7.11. The van der Waals surface area contributed by atoms with Crippen LogP contribution in [0.5, 0.6) is 17.2 Å². The Morgan fingerprint density at radius 2 is 1.94 bits per heavy atom. The lowest BCUT2D eigenvalue weighted by molar-refractivity contribution is 0.0499. The van der Waals surface area contributed by atoms with Crippen LogP contribution in [-0.2, 0) is 4.74 Å². The first-order valence-corrected chi connectivity index (χ1v) is 13.6. The summed E-state index contributed by atoms with van der Waals surface area (Å²) >= 11 is 6.26. The van der Waals surface area contributed by atoms with Gasteiger partial charge >= 0.3 is 0 Å². The van der Waals surface area contributed by atoms with E-state index in [4.69, 9.17) is 19.2 Å². The molecule has 34 heavy (non-hydrogen) atoms. The van der Waals surface area contributed by atoms with E-state index in [-0.39, 0.29) is 0 Å². The fourth-order valence-electron chi connectivity index (χ4n) is 4.39. The van der Waals surface area contributed by atoms with Crippen LogP contribution in [0.2, 0.25) is 0 Å². The van der Waals surface area contributed by atoms with E-state index < -0.39 is 0 Å². The summed E-state index contributed by atoms with van der Waals surface area (Å²) in [6.07, 6.45) is 5.78. The highest BCUT2D eigenvalue weighted by molar-refractivity contribution is 8.15. The first kappa shape index (κ1) is 23.6. The fourth-order valence-corrected chi connectivity index (χ4v) is 5.68. The Hall–Kier alpha value is -2.09. The van der Waals surface area contributed by atoms with Gasteiger partial charge in [-0.05, 0) is 61.6 Å². The van der Waals surface area contributed by atoms with Crippen LogP contribution >= 0.6 is 24.4 Å². The second kappa shape index (κ2) is 11.1. The predicted molar refractivity (Wildman–Crippen MR) is 143 cm³/mol. The second-order valence-corrected chi connectivity index (χ2v) is 10.9. The van der Waals surface area contributed by atoms with Gasteiger partial charge in [0.1, 0.15) is 22.3 Å². The van der Waals surface area contributed by atoms with E-state index in [0.29, 0.717) is 17.8 Å². The summed E-state index contributed by atoms with van der Waals surface area (Å²) in [5.74, 6) is 2.87. The van der Waals surface area contributed by atoms with E-state index in [9.17, 15) is 0 Å². The number of aliphatic imine (C=N–C) groups is 1. The number of ether oxygens (including phenoxy) is 3. The zero-order valence-electron chi connectivity index (χ0n) is 19.6. The van der Waals surface area contributed by atoms with Gasteiger partial charge in [-0.2, -0.15) is 0 Å². The van der Waals surface area contributed by atoms with Gasteiger partial charge in [-0.1, -0.05) is 31.5 Å². The van der Waals surface area contributed by atoms with Crippen molar-refractivity contribution in [3.8, 4) is 17.2 Å². The zero-order chi connectivity index (χ0) is 23.3. The van der Waals surface area contributed by atoms with Crippen molar-refractivity contribution in [2.24, 2.45) is 10.9 Å². The number of aromatic amines is 1. The maximum Gasteiger partial charge on any atom is 0.147 e. The third-order valence-corrected chi connectivity index (χ3v) is 7.97. The number of nitrogens with zero attached hydrogens (tertiary/aromatic N) is 1. The molecule has 2 aliphatic heterocycles. The normalized spacial score (nSPS) is 18.9. The lowest BCUT2D eigenvalue weighted by Gasteiger charge is -2.22. The van der Waals surface area contributed by atoms with Crippen molar-refractivity contribution in [1.29, 1.82) is 0 Å². The first-order valence-electron chi connectivity index (χ1n) is 12.2. The maximum absolute atomic E-state index is 6.38. The van der Waals surface area contributed by atoms with Crippen LogP contribution in [0.4, 0.5) is 0 Å². The molecule has 3 aromatic rings. The molecule has 1 fully saturated rings. The molecule has 1 atom stereocenters.